The normalized spacial score (nSPS) is 18.2. The summed E-state index contributed by atoms with van der Waals surface area (Å²) < 4.78 is 0. The lowest BCUT2D eigenvalue weighted by molar-refractivity contribution is -0.119. The zero-order chi connectivity index (χ0) is 15.0. The molecule has 0 saturated carbocycles. The molecule has 1 saturated heterocycles. The van der Waals surface area contributed by atoms with E-state index < -0.39 is 0 Å². The first-order valence-corrected chi connectivity index (χ1v) is 7.22. The number of benzene rings is 1. The summed E-state index contributed by atoms with van der Waals surface area (Å²) in [7, 11) is 0. The van der Waals surface area contributed by atoms with E-state index in [2.05, 4.69) is 21.3 Å². The molecule has 0 aliphatic carbocycles. The van der Waals surface area contributed by atoms with Crippen molar-refractivity contribution in [2.45, 2.75) is 26.3 Å². The highest BCUT2D eigenvalue weighted by molar-refractivity contribution is 5.94. The fraction of sp³-hybridized carbons (Fsp3) is 0.375. The van der Waals surface area contributed by atoms with Crippen LogP contribution in [0.25, 0.3) is 10.9 Å². The molecule has 2 heterocycles. The summed E-state index contributed by atoms with van der Waals surface area (Å²) in [6, 6.07) is 8.12. The van der Waals surface area contributed by atoms with E-state index in [9.17, 15) is 4.79 Å². The molecule has 1 unspecified atom stereocenters. The van der Waals surface area contributed by atoms with Gasteiger partial charge in [-0.05, 0) is 37.6 Å². The second kappa shape index (κ2) is 5.24. The zero-order valence-corrected chi connectivity index (χ0v) is 12.4. The number of hydrogen-bond donors (Lipinski definition) is 2. The van der Waals surface area contributed by atoms with Crippen molar-refractivity contribution in [3.63, 3.8) is 0 Å². The lowest BCUT2D eigenvalue weighted by Crippen LogP contribution is -2.35. The lowest BCUT2D eigenvalue weighted by Gasteiger charge is -2.21. The summed E-state index contributed by atoms with van der Waals surface area (Å²) in [5.74, 6) is 0.0295. The second-order valence-corrected chi connectivity index (χ2v) is 5.69. The molecular formula is C16H20N4O. The molecule has 1 amide bonds. The van der Waals surface area contributed by atoms with Crippen LogP contribution in [0.3, 0.4) is 0 Å². The van der Waals surface area contributed by atoms with Gasteiger partial charge in [0, 0.05) is 48.5 Å². The van der Waals surface area contributed by atoms with Gasteiger partial charge in [-0.25, -0.2) is 0 Å². The minimum absolute atomic E-state index is 0.0295. The van der Waals surface area contributed by atoms with Crippen molar-refractivity contribution in [2.24, 2.45) is 0 Å². The van der Waals surface area contributed by atoms with Crippen LogP contribution in [0.5, 0.6) is 0 Å². The van der Waals surface area contributed by atoms with Gasteiger partial charge in [-0.1, -0.05) is 0 Å². The number of nitrogen functional groups attached to an aromatic ring is 1. The Hall–Kier alpha value is -2.30. The van der Waals surface area contributed by atoms with E-state index in [1.165, 1.54) is 0 Å². The van der Waals surface area contributed by atoms with Crippen LogP contribution >= 0.6 is 0 Å². The topological polar surface area (TPSA) is 71.2 Å². The SMILES string of the molecule is CC(=O)NC1CCN(c2cc(C)nc3ccc(N)cc23)C1. The van der Waals surface area contributed by atoms with Crippen molar-refractivity contribution in [2.75, 3.05) is 23.7 Å². The van der Waals surface area contributed by atoms with Gasteiger partial charge >= 0.3 is 0 Å². The first-order chi connectivity index (χ1) is 10.0. The molecule has 1 atom stereocenters. The van der Waals surface area contributed by atoms with Gasteiger partial charge in [0.25, 0.3) is 0 Å². The number of nitrogens with two attached hydrogens (primary N) is 1. The first-order valence-electron chi connectivity index (χ1n) is 7.22. The van der Waals surface area contributed by atoms with E-state index in [1.54, 1.807) is 6.92 Å². The highest BCUT2D eigenvalue weighted by Crippen LogP contribution is 2.30. The molecule has 110 valence electrons. The predicted molar refractivity (Wildman–Crippen MR) is 85.3 cm³/mol. The number of nitrogens with zero attached hydrogens (tertiary/aromatic N) is 2. The Labute approximate surface area is 124 Å². The summed E-state index contributed by atoms with van der Waals surface area (Å²) in [4.78, 5) is 18.1. The Morgan fingerprint density at radius 1 is 1.43 bits per heavy atom. The van der Waals surface area contributed by atoms with Crippen LogP contribution in [0.15, 0.2) is 24.3 Å². The molecule has 1 aromatic heterocycles. The van der Waals surface area contributed by atoms with Crippen LogP contribution in [0.2, 0.25) is 0 Å². The maximum absolute atomic E-state index is 11.2. The second-order valence-electron chi connectivity index (χ2n) is 5.69. The molecule has 5 nitrogen and oxygen atoms in total. The molecule has 0 spiro atoms. The first kappa shape index (κ1) is 13.7. The smallest absolute Gasteiger partial charge is 0.217 e. The standard InChI is InChI=1S/C16H20N4O/c1-10-7-16(14-8-12(17)3-4-15(14)18-10)20-6-5-13(9-20)19-11(2)21/h3-4,7-8,13H,5-6,9,17H2,1-2H3,(H,19,21). The molecular weight excluding hydrogens is 264 g/mol. The minimum atomic E-state index is 0.0295. The van der Waals surface area contributed by atoms with Crippen molar-refractivity contribution in [1.82, 2.24) is 10.3 Å². The number of amides is 1. The summed E-state index contributed by atoms with van der Waals surface area (Å²) in [5.41, 5.74) is 9.76. The third-order valence-corrected chi connectivity index (χ3v) is 3.88. The monoisotopic (exact) mass is 284 g/mol. The van der Waals surface area contributed by atoms with Crippen molar-refractivity contribution in [3.05, 3.63) is 30.0 Å². The molecule has 1 aromatic carbocycles. The van der Waals surface area contributed by atoms with Crippen molar-refractivity contribution in [1.29, 1.82) is 0 Å². The number of nitrogens with one attached hydrogen (secondary N) is 1. The minimum Gasteiger partial charge on any atom is -0.399 e. The molecule has 3 rings (SSSR count). The van der Waals surface area contributed by atoms with Crippen LogP contribution < -0.4 is 16.0 Å². The Morgan fingerprint density at radius 2 is 2.24 bits per heavy atom. The van der Waals surface area contributed by atoms with Crippen LogP contribution in [0.4, 0.5) is 11.4 Å². The Bertz CT molecular complexity index is 698. The average Bonchev–Trinajstić information content (AvgIpc) is 2.86. The van der Waals surface area contributed by atoms with E-state index in [4.69, 9.17) is 5.73 Å². The van der Waals surface area contributed by atoms with Crippen molar-refractivity contribution < 1.29 is 4.79 Å². The fourth-order valence-electron chi connectivity index (χ4n) is 3.00. The van der Waals surface area contributed by atoms with Gasteiger partial charge in [-0.15, -0.1) is 0 Å². The van der Waals surface area contributed by atoms with Crippen molar-refractivity contribution in [3.8, 4) is 0 Å². The molecule has 1 aliphatic rings. The largest absolute Gasteiger partial charge is 0.399 e. The number of aromatic nitrogens is 1. The van der Waals surface area contributed by atoms with Crippen LogP contribution in [-0.2, 0) is 4.79 Å². The average molecular weight is 284 g/mol. The van der Waals surface area contributed by atoms with Gasteiger partial charge in [-0.2, -0.15) is 0 Å². The van der Waals surface area contributed by atoms with Gasteiger partial charge in [0.15, 0.2) is 0 Å². The molecule has 5 heteroatoms. The summed E-state index contributed by atoms with van der Waals surface area (Å²) in [6.07, 6.45) is 0.963. The quantitative estimate of drug-likeness (QED) is 0.826. The molecule has 2 aromatic rings. The van der Waals surface area contributed by atoms with E-state index >= 15 is 0 Å². The van der Waals surface area contributed by atoms with E-state index in [-0.39, 0.29) is 11.9 Å². The molecule has 1 aliphatic heterocycles. The van der Waals surface area contributed by atoms with Gasteiger partial charge in [0.2, 0.25) is 5.91 Å². The van der Waals surface area contributed by atoms with Crippen molar-refractivity contribution >= 4 is 28.2 Å². The number of fused-ring (bicyclic) bond motifs is 1. The Kier molecular flexibility index (Phi) is 3.41. The predicted octanol–water partition coefficient (Wildman–Crippen LogP) is 1.84. The van der Waals surface area contributed by atoms with E-state index in [0.29, 0.717) is 0 Å². The molecule has 3 N–H and O–H groups in total. The van der Waals surface area contributed by atoms with Crippen LogP contribution in [0.1, 0.15) is 19.0 Å². The number of carbonyl (C=O) groups excluding carboxylic acids is 1. The highest BCUT2D eigenvalue weighted by Gasteiger charge is 2.24. The lowest BCUT2D eigenvalue weighted by atomic mass is 10.1. The van der Waals surface area contributed by atoms with E-state index in [0.717, 1.165) is 47.5 Å². The van der Waals surface area contributed by atoms with Gasteiger partial charge < -0.3 is 16.0 Å². The fourth-order valence-corrected chi connectivity index (χ4v) is 3.00. The van der Waals surface area contributed by atoms with Crippen LogP contribution in [-0.4, -0.2) is 30.0 Å². The van der Waals surface area contributed by atoms with Crippen LogP contribution in [0, 0.1) is 6.92 Å². The third kappa shape index (κ3) is 2.77. The van der Waals surface area contributed by atoms with Gasteiger partial charge in [-0.3, -0.25) is 9.78 Å². The Balaban J connectivity index is 1.97. The number of pyridine rings is 1. The molecule has 0 radical (unpaired) electrons. The maximum Gasteiger partial charge on any atom is 0.217 e. The zero-order valence-electron chi connectivity index (χ0n) is 12.4. The maximum atomic E-state index is 11.2. The number of anilines is 2. The summed E-state index contributed by atoms with van der Waals surface area (Å²) in [6.45, 7) is 5.32. The van der Waals surface area contributed by atoms with E-state index in [1.807, 2.05) is 25.1 Å². The molecule has 1 fully saturated rings. The molecule has 0 bridgehead atoms. The summed E-state index contributed by atoms with van der Waals surface area (Å²) >= 11 is 0. The van der Waals surface area contributed by atoms with Gasteiger partial charge in [0.05, 0.1) is 5.52 Å². The molecule has 21 heavy (non-hydrogen) atoms. The number of rotatable bonds is 2. The summed E-state index contributed by atoms with van der Waals surface area (Å²) in [5, 5.41) is 4.07. The Morgan fingerprint density at radius 3 is 3.00 bits per heavy atom. The highest BCUT2D eigenvalue weighted by atomic mass is 16.1. The van der Waals surface area contributed by atoms with Gasteiger partial charge in [0.1, 0.15) is 0 Å². The number of carbonyl (C=O) groups is 1. The number of hydrogen-bond acceptors (Lipinski definition) is 4. The number of aryl methyl sites for hydroxylation is 1. The third-order valence-electron chi connectivity index (χ3n) is 3.88.